The lowest BCUT2D eigenvalue weighted by atomic mass is 9.81. The summed E-state index contributed by atoms with van der Waals surface area (Å²) in [5.74, 6) is -0.467. The van der Waals surface area contributed by atoms with Crippen LogP contribution >= 0.6 is 0 Å². The van der Waals surface area contributed by atoms with Gasteiger partial charge in [-0.05, 0) is 63.1 Å². The van der Waals surface area contributed by atoms with Crippen LogP contribution in [0, 0.1) is 6.92 Å². The Kier molecular flexibility index (Phi) is 7.88. The minimum atomic E-state index is -5.07. The predicted octanol–water partition coefficient (Wildman–Crippen LogP) is 6.31. The van der Waals surface area contributed by atoms with Crippen LogP contribution in [0.1, 0.15) is 49.4 Å². The number of aliphatic hydroxyl groups is 2. The Morgan fingerprint density at radius 2 is 1.50 bits per heavy atom. The summed E-state index contributed by atoms with van der Waals surface area (Å²) in [5.41, 5.74) is -4.38. The van der Waals surface area contributed by atoms with Crippen molar-refractivity contribution in [2.45, 2.75) is 63.7 Å². The number of amides is 1. The van der Waals surface area contributed by atoms with E-state index in [1.54, 1.807) is 18.2 Å². The molecule has 2 N–H and O–H groups in total. The highest BCUT2D eigenvalue weighted by molar-refractivity contribution is 6.03. The van der Waals surface area contributed by atoms with Crippen molar-refractivity contribution in [2.75, 3.05) is 23.4 Å². The zero-order chi connectivity index (χ0) is 31.4. The molecule has 1 saturated heterocycles. The summed E-state index contributed by atoms with van der Waals surface area (Å²) in [6.07, 6.45) is -9.50. The highest BCUT2D eigenvalue weighted by atomic mass is 19.4. The number of β-amino-alcohol motifs (C(OH)–C–C–N with tert-alkyl or cyclic N) is 1. The van der Waals surface area contributed by atoms with Gasteiger partial charge < -0.3 is 20.0 Å². The third kappa shape index (κ3) is 6.10. The Labute approximate surface area is 239 Å². The van der Waals surface area contributed by atoms with Crippen LogP contribution < -0.4 is 9.80 Å². The number of anilines is 2. The van der Waals surface area contributed by atoms with E-state index < -0.39 is 52.2 Å². The molecule has 42 heavy (non-hydrogen) atoms. The Hall–Kier alpha value is -3.64. The SMILES string of the molecule is Cc1ccc(-c2cc(N3CC(O)CC3(C)O)ncc2N(C)C(=O)C(C)(C)c2cc(C(F)(F)F)cc(C(F)(F)F)c2)cc1. The number of carbonyl (C=O) groups excluding carboxylic acids is 1. The second kappa shape index (κ2) is 10.6. The number of nitrogens with zero attached hydrogens (tertiary/aromatic N) is 3. The molecular formula is C30H31F6N3O3. The molecule has 1 aliphatic heterocycles. The van der Waals surface area contributed by atoms with Gasteiger partial charge in [-0.1, -0.05) is 29.8 Å². The average Bonchev–Trinajstić information content (AvgIpc) is 3.18. The number of aliphatic hydroxyl groups excluding tert-OH is 1. The number of halogens is 6. The molecule has 0 aliphatic carbocycles. The predicted molar refractivity (Wildman–Crippen MR) is 146 cm³/mol. The Morgan fingerprint density at radius 3 is 1.98 bits per heavy atom. The van der Waals surface area contributed by atoms with Crippen molar-refractivity contribution in [1.29, 1.82) is 0 Å². The fourth-order valence-electron chi connectivity index (χ4n) is 5.15. The summed E-state index contributed by atoms with van der Waals surface area (Å²) in [6, 6.07) is 10.0. The van der Waals surface area contributed by atoms with E-state index in [-0.39, 0.29) is 24.7 Å². The summed E-state index contributed by atoms with van der Waals surface area (Å²) in [6.45, 7) is 6.04. The summed E-state index contributed by atoms with van der Waals surface area (Å²) in [4.78, 5) is 20.9. The molecular weight excluding hydrogens is 564 g/mol. The van der Waals surface area contributed by atoms with Gasteiger partial charge in [-0.2, -0.15) is 26.3 Å². The molecule has 6 nitrogen and oxygen atoms in total. The summed E-state index contributed by atoms with van der Waals surface area (Å²) in [5, 5.41) is 21.0. The molecule has 0 radical (unpaired) electrons. The molecule has 0 saturated carbocycles. The first-order valence-electron chi connectivity index (χ1n) is 13.0. The fourth-order valence-corrected chi connectivity index (χ4v) is 5.15. The van der Waals surface area contributed by atoms with Crippen LogP contribution in [-0.4, -0.2) is 46.5 Å². The van der Waals surface area contributed by atoms with Gasteiger partial charge in [-0.3, -0.25) is 4.79 Å². The van der Waals surface area contributed by atoms with Gasteiger partial charge in [-0.15, -0.1) is 0 Å². The van der Waals surface area contributed by atoms with Crippen LogP contribution in [0.25, 0.3) is 11.1 Å². The molecule has 0 bridgehead atoms. The molecule has 3 aromatic rings. The van der Waals surface area contributed by atoms with Gasteiger partial charge in [0.2, 0.25) is 5.91 Å². The summed E-state index contributed by atoms with van der Waals surface area (Å²) in [7, 11) is 1.37. The largest absolute Gasteiger partial charge is 0.416 e. The molecule has 226 valence electrons. The van der Waals surface area contributed by atoms with E-state index in [1.807, 2.05) is 19.1 Å². The van der Waals surface area contributed by atoms with Crippen LogP contribution in [0.5, 0.6) is 0 Å². The van der Waals surface area contributed by atoms with Crippen LogP contribution in [0.3, 0.4) is 0 Å². The summed E-state index contributed by atoms with van der Waals surface area (Å²) < 4.78 is 81.3. The molecule has 1 fully saturated rings. The number of benzene rings is 2. The molecule has 1 aromatic heterocycles. The third-order valence-corrected chi connectivity index (χ3v) is 7.61. The smallest absolute Gasteiger partial charge is 0.391 e. The average molecular weight is 596 g/mol. The highest BCUT2D eigenvalue weighted by Crippen LogP contribution is 2.41. The molecule has 0 spiro atoms. The molecule has 2 aromatic carbocycles. The lowest BCUT2D eigenvalue weighted by molar-refractivity contribution is -0.143. The molecule has 2 atom stereocenters. The van der Waals surface area contributed by atoms with Crippen molar-refractivity contribution in [3.05, 3.63) is 77.0 Å². The van der Waals surface area contributed by atoms with E-state index in [0.29, 0.717) is 29.1 Å². The number of carbonyl (C=O) groups is 1. The minimum absolute atomic E-state index is 0.0239. The number of aryl methyl sites for hydroxylation is 1. The van der Waals surface area contributed by atoms with E-state index >= 15 is 0 Å². The lowest BCUT2D eigenvalue weighted by Gasteiger charge is -2.33. The van der Waals surface area contributed by atoms with Crippen molar-refractivity contribution in [3.63, 3.8) is 0 Å². The van der Waals surface area contributed by atoms with Crippen molar-refractivity contribution in [2.24, 2.45) is 0 Å². The zero-order valence-corrected chi connectivity index (χ0v) is 23.6. The van der Waals surface area contributed by atoms with Crippen molar-refractivity contribution in [3.8, 4) is 11.1 Å². The van der Waals surface area contributed by atoms with Crippen molar-refractivity contribution >= 4 is 17.4 Å². The number of aromatic nitrogens is 1. The number of rotatable bonds is 5. The molecule has 2 heterocycles. The number of likely N-dealkylation sites (N-methyl/N-ethyl adjacent to an activating group) is 1. The molecule has 1 amide bonds. The quantitative estimate of drug-likeness (QED) is 0.338. The van der Waals surface area contributed by atoms with Gasteiger partial charge in [0.25, 0.3) is 0 Å². The van der Waals surface area contributed by atoms with E-state index in [9.17, 15) is 41.4 Å². The van der Waals surface area contributed by atoms with E-state index in [4.69, 9.17) is 0 Å². The van der Waals surface area contributed by atoms with Gasteiger partial charge in [0.15, 0.2) is 0 Å². The first-order valence-corrected chi connectivity index (χ1v) is 13.0. The van der Waals surface area contributed by atoms with Gasteiger partial charge >= 0.3 is 12.4 Å². The van der Waals surface area contributed by atoms with Gasteiger partial charge in [-0.25, -0.2) is 4.98 Å². The Balaban J connectivity index is 1.82. The Bertz CT molecular complexity index is 1450. The zero-order valence-electron chi connectivity index (χ0n) is 23.6. The monoisotopic (exact) mass is 595 g/mol. The summed E-state index contributed by atoms with van der Waals surface area (Å²) >= 11 is 0. The Morgan fingerprint density at radius 1 is 0.976 bits per heavy atom. The van der Waals surface area contributed by atoms with Crippen LogP contribution in [0.4, 0.5) is 37.8 Å². The van der Waals surface area contributed by atoms with Crippen LogP contribution in [0.2, 0.25) is 0 Å². The van der Waals surface area contributed by atoms with Gasteiger partial charge in [0.05, 0.1) is 34.5 Å². The fraction of sp³-hybridized carbons (Fsp3) is 0.400. The maximum atomic E-state index is 13.9. The lowest BCUT2D eigenvalue weighted by Crippen LogP contribution is -2.43. The maximum absolute atomic E-state index is 13.9. The van der Waals surface area contributed by atoms with Gasteiger partial charge in [0, 0.05) is 25.6 Å². The second-order valence-electron chi connectivity index (χ2n) is 11.4. The molecule has 2 unspecified atom stereocenters. The van der Waals surface area contributed by atoms with Crippen LogP contribution in [-0.2, 0) is 22.6 Å². The van der Waals surface area contributed by atoms with Crippen molar-refractivity contribution in [1.82, 2.24) is 4.98 Å². The van der Waals surface area contributed by atoms with E-state index in [2.05, 4.69) is 4.98 Å². The number of alkyl halides is 6. The number of hydrogen-bond donors (Lipinski definition) is 2. The topological polar surface area (TPSA) is 76.9 Å². The van der Waals surface area contributed by atoms with Crippen LogP contribution in [0.15, 0.2) is 54.7 Å². The third-order valence-electron chi connectivity index (χ3n) is 7.61. The van der Waals surface area contributed by atoms with E-state index in [0.717, 1.165) is 10.5 Å². The first kappa shape index (κ1) is 31.3. The molecule has 12 heteroatoms. The number of pyridine rings is 1. The van der Waals surface area contributed by atoms with Crippen molar-refractivity contribution < 1.29 is 41.4 Å². The molecule has 1 aliphatic rings. The number of hydrogen-bond acceptors (Lipinski definition) is 5. The maximum Gasteiger partial charge on any atom is 0.416 e. The molecule has 4 rings (SSSR count). The normalized spacial score (nSPS) is 19.7. The highest BCUT2D eigenvalue weighted by Gasteiger charge is 2.43. The first-order chi connectivity index (χ1) is 19.2. The second-order valence-corrected chi connectivity index (χ2v) is 11.4. The standard InChI is InChI=1S/C30H31F6N3O3/c1-17-6-8-18(9-7-17)23-13-25(39-16-22(40)14-28(39,4)42)37-15-24(23)38(5)26(41)27(2,3)19-10-20(29(31,32)33)12-21(11-19)30(34,35)36/h6-13,15,22,40,42H,14,16H2,1-5H3. The van der Waals surface area contributed by atoms with Gasteiger partial charge in [0.1, 0.15) is 11.5 Å². The minimum Gasteiger partial charge on any atom is -0.391 e. The van der Waals surface area contributed by atoms with E-state index in [1.165, 1.54) is 38.9 Å².